The summed E-state index contributed by atoms with van der Waals surface area (Å²) in [4.78, 5) is 14.2. The topological polar surface area (TPSA) is 58.1 Å². The van der Waals surface area contributed by atoms with Gasteiger partial charge in [0.1, 0.15) is 0 Å². The van der Waals surface area contributed by atoms with E-state index in [4.69, 9.17) is 23.2 Å². The zero-order chi connectivity index (χ0) is 16.1. The monoisotopic (exact) mass is 338 g/mol. The Labute approximate surface area is 139 Å². The van der Waals surface area contributed by atoms with Crippen LogP contribution < -0.4 is 10.2 Å². The van der Waals surface area contributed by atoms with Crippen LogP contribution in [0.1, 0.15) is 24.3 Å². The van der Waals surface area contributed by atoms with Gasteiger partial charge in [-0.1, -0.05) is 23.2 Å². The largest absolute Gasteiger partial charge is 0.356 e. The lowest BCUT2D eigenvalue weighted by molar-refractivity contribution is 0.102. The highest BCUT2D eigenvalue weighted by Gasteiger charge is 2.11. The van der Waals surface area contributed by atoms with E-state index in [1.807, 2.05) is 18.7 Å². The standard InChI is InChI=1S/C15H16Cl2N4O/c1-3-21(4-2)14-8-7-13(19-20-14)15(22)18-10-5-6-11(16)12(17)9-10/h5-9H,3-4H2,1-2H3,(H,18,22). The first-order valence-corrected chi connectivity index (χ1v) is 7.65. The number of halogens is 2. The summed E-state index contributed by atoms with van der Waals surface area (Å²) in [5.74, 6) is 0.396. The Morgan fingerprint density at radius 2 is 1.82 bits per heavy atom. The Kier molecular flexibility index (Phi) is 5.57. The van der Waals surface area contributed by atoms with Crippen LogP contribution in [0.4, 0.5) is 11.5 Å². The molecule has 116 valence electrons. The van der Waals surface area contributed by atoms with Gasteiger partial charge in [-0.15, -0.1) is 10.2 Å². The van der Waals surface area contributed by atoms with Crippen LogP contribution in [0.3, 0.4) is 0 Å². The molecule has 0 radical (unpaired) electrons. The average Bonchev–Trinajstić information content (AvgIpc) is 2.53. The summed E-state index contributed by atoms with van der Waals surface area (Å²) in [5.41, 5.74) is 0.788. The highest BCUT2D eigenvalue weighted by molar-refractivity contribution is 6.42. The van der Waals surface area contributed by atoms with Crippen LogP contribution in [0.25, 0.3) is 0 Å². The fraction of sp³-hybridized carbons (Fsp3) is 0.267. The van der Waals surface area contributed by atoms with Crippen molar-refractivity contribution in [1.29, 1.82) is 0 Å². The Hall–Kier alpha value is -1.85. The van der Waals surface area contributed by atoms with E-state index in [0.717, 1.165) is 18.9 Å². The van der Waals surface area contributed by atoms with E-state index in [0.29, 0.717) is 15.7 Å². The third-order valence-electron chi connectivity index (χ3n) is 3.15. The molecule has 0 saturated carbocycles. The number of carbonyl (C=O) groups is 1. The number of hydrogen-bond acceptors (Lipinski definition) is 4. The van der Waals surface area contributed by atoms with Gasteiger partial charge in [-0.25, -0.2) is 0 Å². The summed E-state index contributed by atoms with van der Waals surface area (Å²) in [6.45, 7) is 5.74. The molecule has 0 unspecified atom stereocenters. The van der Waals surface area contributed by atoms with Crippen LogP contribution in [0.5, 0.6) is 0 Å². The fourth-order valence-electron chi connectivity index (χ4n) is 1.93. The molecule has 2 aromatic rings. The molecule has 1 amide bonds. The summed E-state index contributed by atoms with van der Waals surface area (Å²) in [5, 5.41) is 11.6. The van der Waals surface area contributed by atoms with E-state index in [2.05, 4.69) is 15.5 Å². The normalized spacial score (nSPS) is 10.4. The van der Waals surface area contributed by atoms with Gasteiger partial charge in [0.2, 0.25) is 0 Å². The molecule has 0 bridgehead atoms. The Morgan fingerprint density at radius 1 is 1.09 bits per heavy atom. The van der Waals surface area contributed by atoms with Crippen molar-refractivity contribution in [3.8, 4) is 0 Å². The average molecular weight is 339 g/mol. The lowest BCUT2D eigenvalue weighted by Crippen LogP contribution is -2.24. The maximum absolute atomic E-state index is 12.1. The van der Waals surface area contributed by atoms with Crippen molar-refractivity contribution in [3.63, 3.8) is 0 Å². The number of aromatic nitrogens is 2. The van der Waals surface area contributed by atoms with Crippen LogP contribution in [0.2, 0.25) is 10.0 Å². The molecule has 0 aliphatic heterocycles. The first-order chi connectivity index (χ1) is 10.5. The van der Waals surface area contributed by atoms with Gasteiger partial charge in [0, 0.05) is 18.8 Å². The van der Waals surface area contributed by atoms with Crippen molar-refractivity contribution in [2.45, 2.75) is 13.8 Å². The van der Waals surface area contributed by atoms with Crippen molar-refractivity contribution >= 4 is 40.6 Å². The minimum atomic E-state index is -0.350. The second-order valence-corrected chi connectivity index (χ2v) is 5.35. The molecule has 1 heterocycles. The van der Waals surface area contributed by atoms with Gasteiger partial charge < -0.3 is 10.2 Å². The lowest BCUT2D eigenvalue weighted by atomic mass is 10.3. The molecule has 0 atom stereocenters. The minimum Gasteiger partial charge on any atom is -0.356 e. The lowest BCUT2D eigenvalue weighted by Gasteiger charge is -2.18. The summed E-state index contributed by atoms with van der Waals surface area (Å²) < 4.78 is 0. The summed E-state index contributed by atoms with van der Waals surface area (Å²) in [6.07, 6.45) is 0. The van der Waals surface area contributed by atoms with Crippen molar-refractivity contribution in [1.82, 2.24) is 10.2 Å². The smallest absolute Gasteiger partial charge is 0.276 e. The number of amides is 1. The molecule has 0 spiro atoms. The predicted molar refractivity (Wildman–Crippen MR) is 90.0 cm³/mol. The van der Waals surface area contributed by atoms with Crippen LogP contribution in [-0.2, 0) is 0 Å². The van der Waals surface area contributed by atoms with Crippen molar-refractivity contribution in [3.05, 3.63) is 46.1 Å². The molecular weight excluding hydrogens is 323 g/mol. The van der Waals surface area contributed by atoms with Gasteiger partial charge in [-0.3, -0.25) is 4.79 Å². The van der Waals surface area contributed by atoms with Gasteiger partial charge in [-0.05, 0) is 44.2 Å². The van der Waals surface area contributed by atoms with E-state index >= 15 is 0 Å². The third-order valence-corrected chi connectivity index (χ3v) is 3.89. The predicted octanol–water partition coefficient (Wildman–Crippen LogP) is 3.88. The molecule has 0 saturated heterocycles. The molecule has 0 aliphatic rings. The Balaban J connectivity index is 2.11. The van der Waals surface area contributed by atoms with E-state index < -0.39 is 0 Å². The fourth-order valence-corrected chi connectivity index (χ4v) is 2.23. The van der Waals surface area contributed by atoms with Gasteiger partial charge in [-0.2, -0.15) is 0 Å². The van der Waals surface area contributed by atoms with Crippen molar-refractivity contribution < 1.29 is 4.79 Å². The molecule has 7 heteroatoms. The second-order valence-electron chi connectivity index (χ2n) is 4.53. The maximum atomic E-state index is 12.1. The molecule has 2 rings (SSSR count). The van der Waals surface area contributed by atoms with E-state index in [9.17, 15) is 4.79 Å². The molecule has 22 heavy (non-hydrogen) atoms. The van der Waals surface area contributed by atoms with Gasteiger partial charge in [0.15, 0.2) is 11.5 Å². The van der Waals surface area contributed by atoms with Crippen LogP contribution in [-0.4, -0.2) is 29.2 Å². The number of benzene rings is 1. The minimum absolute atomic E-state index is 0.238. The number of anilines is 2. The molecule has 5 nitrogen and oxygen atoms in total. The third kappa shape index (κ3) is 3.87. The molecule has 0 aliphatic carbocycles. The zero-order valence-corrected chi connectivity index (χ0v) is 13.8. The summed E-state index contributed by atoms with van der Waals surface area (Å²) >= 11 is 11.8. The quantitative estimate of drug-likeness (QED) is 0.898. The van der Waals surface area contributed by atoms with Crippen LogP contribution in [0, 0.1) is 0 Å². The van der Waals surface area contributed by atoms with Gasteiger partial charge in [0.05, 0.1) is 10.0 Å². The molecule has 1 N–H and O–H groups in total. The van der Waals surface area contributed by atoms with Crippen LogP contribution in [0.15, 0.2) is 30.3 Å². The number of carbonyl (C=O) groups excluding carboxylic acids is 1. The number of rotatable bonds is 5. The van der Waals surface area contributed by atoms with Crippen molar-refractivity contribution in [2.75, 3.05) is 23.3 Å². The first kappa shape index (κ1) is 16.5. The zero-order valence-electron chi connectivity index (χ0n) is 12.3. The second kappa shape index (κ2) is 7.42. The first-order valence-electron chi connectivity index (χ1n) is 6.90. The highest BCUT2D eigenvalue weighted by Crippen LogP contribution is 2.25. The number of nitrogens with zero attached hydrogens (tertiary/aromatic N) is 3. The Bertz CT molecular complexity index is 657. The number of hydrogen-bond donors (Lipinski definition) is 1. The Morgan fingerprint density at radius 3 is 2.36 bits per heavy atom. The highest BCUT2D eigenvalue weighted by atomic mass is 35.5. The molecule has 0 fully saturated rings. The summed E-state index contributed by atoms with van der Waals surface area (Å²) in [6, 6.07) is 8.30. The SMILES string of the molecule is CCN(CC)c1ccc(C(=O)Nc2ccc(Cl)c(Cl)c2)nn1. The number of nitrogens with one attached hydrogen (secondary N) is 1. The maximum Gasteiger partial charge on any atom is 0.276 e. The van der Waals surface area contributed by atoms with E-state index in [1.165, 1.54) is 0 Å². The van der Waals surface area contributed by atoms with Gasteiger partial charge in [0.25, 0.3) is 5.91 Å². The molecule has 1 aromatic heterocycles. The summed E-state index contributed by atoms with van der Waals surface area (Å²) in [7, 11) is 0. The van der Waals surface area contributed by atoms with Gasteiger partial charge >= 0.3 is 0 Å². The van der Waals surface area contributed by atoms with Crippen LogP contribution >= 0.6 is 23.2 Å². The van der Waals surface area contributed by atoms with Crippen molar-refractivity contribution in [2.24, 2.45) is 0 Å². The molecule has 1 aromatic carbocycles. The molecular formula is C15H16Cl2N4O. The van der Waals surface area contributed by atoms with E-state index in [1.54, 1.807) is 30.3 Å². The van der Waals surface area contributed by atoms with E-state index in [-0.39, 0.29) is 11.6 Å².